The molecule has 106 valence electrons. The monoisotopic (exact) mass is 256 g/mol. The molecule has 0 atom stereocenters. The summed E-state index contributed by atoms with van der Waals surface area (Å²) < 4.78 is 5.80. The molecule has 0 aliphatic heterocycles. The van der Waals surface area contributed by atoms with Crippen molar-refractivity contribution in [3.63, 3.8) is 0 Å². The molecule has 4 nitrogen and oxygen atoms in total. The average molecular weight is 256 g/mol. The smallest absolute Gasteiger partial charge is 0.220 e. The fourth-order valence-electron chi connectivity index (χ4n) is 2.30. The van der Waals surface area contributed by atoms with Crippen LogP contribution in [0.25, 0.3) is 0 Å². The van der Waals surface area contributed by atoms with Crippen LogP contribution >= 0.6 is 0 Å². The molecule has 0 radical (unpaired) electrons. The van der Waals surface area contributed by atoms with Gasteiger partial charge in [0.25, 0.3) is 0 Å². The first-order valence-electron chi connectivity index (χ1n) is 7.36. The molecule has 18 heavy (non-hydrogen) atoms. The standard InChI is InChI=1S/C14H28N2O2/c1-15-10-5-9-14(17)16-11-6-12-18-13-7-3-2-4-8-13/h13,15H,2-12H2,1H3,(H,16,17). The van der Waals surface area contributed by atoms with Crippen molar-refractivity contribution in [1.29, 1.82) is 0 Å². The van der Waals surface area contributed by atoms with Crippen LogP contribution in [0.2, 0.25) is 0 Å². The van der Waals surface area contributed by atoms with E-state index in [1.807, 2.05) is 7.05 Å². The van der Waals surface area contributed by atoms with Crippen molar-refractivity contribution in [2.75, 3.05) is 26.7 Å². The molecule has 0 heterocycles. The third-order valence-electron chi connectivity index (χ3n) is 3.38. The van der Waals surface area contributed by atoms with Gasteiger partial charge < -0.3 is 15.4 Å². The lowest BCUT2D eigenvalue weighted by Crippen LogP contribution is -2.26. The van der Waals surface area contributed by atoms with Crippen molar-refractivity contribution in [1.82, 2.24) is 10.6 Å². The van der Waals surface area contributed by atoms with Gasteiger partial charge in [-0.05, 0) is 39.3 Å². The average Bonchev–Trinajstić information content (AvgIpc) is 2.40. The molecular weight excluding hydrogens is 228 g/mol. The first-order chi connectivity index (χ1) is 8.83. The van der Waals surface area contributed by atoms with Gasteiger partial charge in [-0.25, -0.2) is 0 Å². The molecule has 0 spiro atoms. The van der Waals surface area contributed by atoms with Gasteiger partial charge in [-0.15, -0.1) is 0 Å². The maximum Gasteiger partial charge on any atom is 0.220 e. The van der Waals surface area contributed by atoms with Crippen LogP contribution < -0.4 is 10.6 Å². The van der Waals surface area contributed by atoms with Gasteiger partial charge >= 0.3 is 0 Å². The van der Waals surface area contributed by atoms with Crippen molar-refractivity contribution in [3.05, 3.63) is 0 Å². The van der Waals surface area contributed by atoms with Gasteiger partial charge in [-0.3, -0.25) is 4.79 Å². The van der Waals surface area contributed by atoms with Crippen LogP contribution in [-0.2, 0) is 9.53 Å². The lowest BCUT2D eigenvalue weighted by Gasteiger charge is -2.21. The molecule has 0 bridgehead atoms. The second-order valence-electron chi connectivity index (χ2n) is 5.04. The zero-order chi connectivity index (χ0) is 13.1. The van der Waals surface area contributed by atoms with E-state index < -0.39 is 0 Å². The molecule has 1 aliphatic carbocycles. The Morgan fingerprint density at radius 2 is 1.94 bits per heavy atom. The normalized spacial score (nSPS) is 16.7. The van der Waals surface area contributed by atoms with Crippen LogP contribution in [0.5, 0.6) is 0 Å². The predicted molar refractivity (Wildman–Crippen MR) is 73.6 cm³/mol. The molecule has 1 saturated carbocycles. The molecule has 1 amide bonds. The number of ether oxygens (including phenoxy) is 1. The van der Waals surface area contributed by atoms with E-state index >= 15 is 0 Å². The highest BCUT2D eigenvalue weighted by molar-refractivity contribution is 5.75. The Labute approximate surface area is 111 Å². The van der Waals surface area contributed by atoms with E-state index in [-0.39, 0.29) is 5.91 Å². The minimum Gasteiger partial charge on any atom is -0.378 e. The van der Waals surface area contributed by atoms with E-state index in [0.717, 1.165) is 32.5 Å². The van der Waals surface area contributed by atoms with Gasteiger partial charge in [-0.1, -0.05) is 19.3 Å². The Hall–Kier alpha value is -0.610. The lowest BCUT2D eigenvalue weighted by molar-refractivity contribution is -0.121. The van der Waals surface area contributed by atoms with Gasteiger partial charge in [0.2, 0.25) is 5.91 Å². The number of amides is 1. The first kappa shape index (κ1) is 15.4. The first-order valence-corrected chi connectivity index (χ1v) is 7.36. The molecule has 1 rings (SSSR count). The highest BCUT2D eigenvalue weighted by Gasteiger charge is 2.12. The van der Waals surface area contributed by atoms with Crippen molar-refractivity contribution in [2.24, 2.45) is 0 Å². The summed E-state index contributed by atoms with van der Waals surface area (Å²) in [6.07, 6.45) is 9.35. The molecular formula is C14H28N2O2. The van der Waals surface area contributed by atoms with Crippen molar-refractivity contribution in [3.8, 4) is 0 Å². The summed E-state index contributed by atoms with van der Waals surface area (Å²) in [6, 6.07) is 0. The van der Waals surface area contributed by atoms with E-state index in [1.54, 1.807) is 0 Å². The van der Waals surface area contributed by atoms with E-state index in [0.29, 0.717) is 12.5 Å². The second kappa shape index (κ2) is 10.3. The zero-order valence-electron chi connectivity index (χ0n) is 11.7. The SMILES string of the molecule is CNCCCC(=O)NCCCOC1CCCCC1. The molecule has 0 aromatic rings. The molecule has 1 aliphatic rings. The molecule has 0 saturated heterocycles. The zero-order valence-corrected chi connectivity index (χ0v) is 11.7. The number of hydrogen-bond donors (Lipinski definition) is 2. The largest absolute Gasteiger partial charge is 0.378 e. The second-order valence-corrected chi connectivity index (χ2v) is 5.04. The summed E-state index contributed by atoms with van der Waals surface area (Å²) in [6.45, 7) is 2.42. The number of rotatable bonds is 9. The third-order valence-corrected chi connectivity index (χ3v) is 3.38. The van der Waals surface area contributed by atoms with E-state index in [1.165, 1.54) is 32.1 Å². The van der Waals surface area contributed by atoms with E-state index in [9.17, 15) is 4.79 Å². The van der Waals surface area contributed by atoms with Gasteiger partial charge in [0, 0.05) is 19.6 Å². The fourth-order valence-corrected chi connectivity index (χ4v) is 2.30. The Morgan fingerprint density at radius 3 is 2.67 bits per heavy atom. The predicted octanol–water partition coefficient (Wildman–Crippen LogP) is 1.84. The van der Waals surface area contributed by atoms with Crippen LogP contribution in [0.3, 0.4) is 0 Å². The van der Waals surface area contributed by atoms with Gasteiger partial charge in [-0.2, -0.15) is 0 Å². The highest BCUT2D eigenvalue weighted by atomic mass is 16.5. The molecule has 0 unspecified atom stereocenters. The minimum absolute atomic E-state index is 0.155. The molecule has 2 N–H and O–H groups in total. The topological polar surface area (TPSA) is 50.4 Å². The van der Waals surface area contributed by atoms with Crippen molar-refractivity contribution < 1.29 is 9.53 Å². The Balaban J connectivity index is 1.86. The quantitative estimate of drug-likeness (QED) is 0.619. The van der Waals surface area contributed by atoms with Crippen LogP contribution in [0.15, 0.2) is 0 Å². The Kier molecular flexibility index (Phi) is 8.86. The number of carbonyl (C=O) groups excluding carboxylic acids is 1. The summed E-state index contributed by atoms with van der Waals surface area (Å²) in [5.74, 6) is 0.155. The number of hydrogen-bond acceptors (Lipinski definition) is 3. The Morgan fingerprint density at radius 1 is 1.17 bits per heavy atom. The maximum atomic E-state index is 11.4. The lowest BCUT2D eigenvalue weighted by atomic mass is 9.98. The molecule has 0 aromatic heterocycles. The minimum atomic E-state index is 0.155. The highest BCUT2D eigenvalue weighted by Crippen LogP contribution is 2.20. The van der Waals surface area contributed by atoms with Crippen molar-refractivity contribution in [2.45, 2.75) is 57.5 Å². The molecule has 0 aromatic carbocycles. The van der Waals surface area contributed by atoms with E-state index in [4.69, 9.17) is 4.74 Å². The van der Waals surface area contributed by atoms with Gasteiger partial charge in [0.1, 0.15) is 0 Å². The number of carbonyl (C=O) groups is 1. The van der Waals surface area contributed by atoms with Crippen LogP contribution in [0.4, 0.5) is 0 Å². The van der Waals surface area contributed by atoms with Gasteiger partial charge in [0.15, 0.2) is 0 Å². The molecule has 1 fully saturated rings. The van der Waals surface area contributed by atoms with Crippen LogP contribution in [-0.4, -0.2) is 38.8 Å². The third kappa shape index (κ3) is 7.67. The van der Waals surface area contributed by atoms with Crippen LogP contribution in [0.1, 0.15) is 51.4 Å². The summed E-state index contributed by atoms with van der Waals surface area (Å²) in [4.78, 5) is 11.4. The molecule has 4 heteroatoms. The maximum absolute atomic E-state index is 11.4. The summed E-state index contributed by atoms with van der Waals surface area (Å²) in [7, 11) is 1.90. The Bertz CT molecular complexity index is 216. The summed E-state index contributed by atoms with van der Waals surface area (Å²) in [5, 5.41) is 5.97. The number of nitrogens with one attached hydrogen (secondary N) is 2. The summed E-state index contributed by atoms with van der Waals surface area (Å²) in [5.41, 5.74) is 0. The van der Waals surface area contributed by atoms with Crippen molar-refractivity contribution >= 4 is 5.91 Å². The van der Waals surface area contributed by atoms with E-state index in [2.05, 4.69) is 10.6 Å². The fraction of sp³-hybridized carbons (Fsp3) is 0.929. The van der Waals surface area contributed by atoms with Gasteiger partial charge in [0.05, 0.1) is 6.10 Å². The van der Waals surface area contributed by atoms with Crippen LogP contribution in [0, 0.1) is 0 Å². The summed E-state index contributed by atoms with van der Waals surface area (Å²) >= 11 is 0.